The SMILES string of the molecule is CCCCCCCC(=O)O.CCCCCCCC(=O)O.OCC(CO)(CO)CO. The minimum atomic E-state index is -1.11. The maximum absolute atomic E-state index is 10.0. The molecule has 0 aliphatic heterocycles. The fourth-order valence-electron chi connectivity index (χ4n) is 2.06. The van der Waals surface area contributed by atoms with Gasteiger partial charge in [0.05, 0.1) is 31.8 Å². The zero-order valence-corrected chi connectivity index (χ0v) is 18.3. The third-order valence-electron chi connectivity index (χ3n) is 4.33. The van der Waals surface area contributed by atoms with Crippen LogP contribution in [0.25, 0.3) is 0 Å². The number of aliphatic hydroxyl groups excluding tert-OH is 4. The Labute approximate surface area is 175 Å². The van der Waals surface area contributed by atoms with E-state index in [9.17, 15) is 9.59 Å². The van der Waals surface area contributed by atoms with Gasteiger partial charge in [-0.15, -0.1) is 0 Å². The van der Waals surface area contributed by atoms with E-state index in [0.717, 1.165) is 25.7 Å². The first-order valence-corrected chi connectivity index (χ1v) is 10.7. The summed E-state index contributed by atoms with van der Waals surface area (Å²) >= 11 is 0. The van der Waals surface area contributed by atoms with Crippen LogP contribution in [0.3, 0.4) is 0 Å². The van der Waals surface area contributed by atoms with Crippen molar-refractivity contribution >= 4 is 11.9 Å². The fourth-order valence-corrected chi connectivity index (χ4v) is 2.06. The maximum atomic E-state index is 10.0. The fraction of sp³-hybridized carbons (Fsp3) is 0.905. The Kier molecular flexibility index (Phi) is 27.8. The molecule has 0 aliphatic carbocycles. The summed E-state index contributed by atoms with van der Waals surface area (Å²) in [6, 6.07) is 0. The van der Waals surface area contributed by atoms with E-state index in [1.165, 1.54) is 38.5 Å². The lowest BCUT2D eigenvalue weighted by Crippen LogP contribution is -2.37. The molecule has 29 heavy (non-hydrogen) atoms. The highest BCUT2D eigenvalue weighted by Crippen LogP contribution is 2.11. The number of unbranched alkanes of at least 4 members (excludes halogenated alkanes) is 8. The lowest BCUT2D eigenvalue weighted by atomic mass is 9.93. The number of carboxylic acids is 2. The molecule has 0 saturated heterocycles. The third-order valence-corrected chi connectivity index (χ3v) is 4.33. The Hall–Kier alpha value is -1.22. The summed E-state index contributed by atoms with van der Waals surface area (Å²) < 4.78 is 0. The predicted molar refractivity (Wildman–Crippen MR) is 113 cm³/mol. The molecule has 0 heterocycles. The van der Waals surface area contributed by atoms with Crippen LogP contribution in [0.1, 0.15) is 90.9 Å². The Morgan fingerprint density at radius 3 is 1.00 bits per heavy atom. The smallest absolute Gasteiger partial charge is 0.303 e. The van der Waals surface area contributed by atoms with Crippen molar-refractivity contribution in [2.75, 3.05) is 26.4 Å². The number of hydrogen-bond donors (Lipinski definition) is 6. The van der Waals surface area contributed by atoms with Crippen molar-refractivity contribution in [1.82, 2.24) is 0 Å². The van der Waals surface area contributed by atoms with Gasteiger partial charge in [0.25, 0.3) is 0 Å². The van der Waals surface area contributed by atoms with Gasteiger partial charge in [-0.2, -0.15) is 0 Å². The average Bonchev–Trinajstić information content (AvgIpc) is 2.70. The molecule has 8 heteroatoms. The molecular weight excluding hydrogens is 380 g/mol. The second-order valence-corrected chi connectivity index (χ2v) is 7.25. The van der Waals surface area contributed by atoms with Gasteiger partial charge in [0.2, 0.25) is 0 Å². The first-order valence-electron chi connectivity index (χ1n) is 10.7. The van der Waals surface area contributed by atoms with Crippen LogP contribution in [0.5, 0.6) is 0 Å². The average molecular weight is 425 g/mol. The zero-order valence-electron chi connectivity index (χ0n) is 18.3. The van der Waals surface area contributed by atoms with E-state index in [1.54, 1.807) is 0 Å². The number of carbonyl (C=O) groups is 2. The minimum Gasteiger partial charge on any atom is -0.481 e. The van der Waals surface area contributed by atoms with Gasteiger partial charge in [0.1, 0.15) is 0 Å². The minimum absolute atomic E-state index is 0.337. The molecule has 0 rings (SSSR count). The van der Waals surface area contributed by atoms with Crippen molar-refractivity contribution in [2.24, 2.45) is 5.41 Å². The van der Waals surface area contributed by atoms with Gasteiger partial charge in [-0.3, -0.25) is 9.59 Å². The van der Waals surface area contributed by atoms with Crippen LogP contribution in [0, 0.1) is 5.41 Å². The van der Waals surface area contributed by atoms with Crippen LogP contribution in [-0.2, 0) is 9.59 Å². The highest BCUT2D eigenvalue weighted by atomic mass is 16.4. The van der Waals surface area contributed by atoms with Crippen molar-refractivity contribution in [3.05, 3.63) is 0 Å². The van der Waals surface area contributed by atoms with E-state index < -0.39 is 43.8 Å². The van der Waals surface area contributed by atoms with Crippen LogP contribution in [0.15, 0.2) is 0 Å². The largest absolute Gasteiger partial charge is 0.481 e. The molecule has 6 N–H and O–H groups in total. The van der Waals surface area contributed by atoms with Gasteiger partial charge in [-0.05, 0) is 12.8 Å². The number of aliphatic carboxylic acids is 2. The van der Waals surface area contributed by atoms with Gasteiger partial charge in [-0.25, -0.2) is 0 Å². The second-order valence-electron chi connectivity index (χ2n) is 7.25. The van der Waals surface area contributed by atoms with Crippen LogP contribution >= 0.6 is 0 Å². The summed E-state index contributed by atoms with van der Waals surface area (Å²) in [6.45, 7) is 2.67. The predicted octanol–water partition coefficient (Wildman–Crippen LogP) is 2.81. The van der Waals surface area contributed by atoms with Crippen LogP contribution in [0.2, 0.25) is 0 Å². The zero-order chi connectivity index (χ0) is 23.0. The monoisotopic (exact) mass is 424 g/mol. The lowest BCUT2D eigenvalue weighted by molar-refractivity contribution is -0.138. The summed E-state index contributed by atoms with van der Waals surface area (Å²) in [5, 5.41) is 50.5. The molecule has 0 aromatic heterocycles. The summed E-state index contributed by atoms with van der Waals surface area (Å²) in [5.41, 5.74) is -1.11. The molecule has 0 radical (unpaired) electrons. The van der Waals surface area contributed by atoms with E-state index in [1.807, 2.05) is 0 Å². The molecule has 0 aromatic carbocycles. The molecule has 8 nitrogen and oxygen atoms in total. The van der Waals surface area contributed by atoms with E-state index >= 15 is 0 Å². The van der Waals surface area contributed by atoms with Crippen molar-refractivity contribution in [2.45, 2.75) is 90.9 Å². The molecule has 0 aromatic rings. The second kappa shape index (κ2) is 24.8. The molecule has 0 aliphatic rings. The van der Waals surface area contributed by atoms with Gasteiger partial charge in [-0.1, -0.05) is 65.2 Å². The van der Waals surface area contributed by atoms with E-state index in [4.69, 9.17) is 30.6 Å². The highest BCUT2D eigenvalue weighted by Gasteiger charge is 2.26. The normalized spacial score (nSPS) is 10.4. The quantitative estimate of drug-likeness (QED) is 0.207. The van der Waals surface area contributed by atoms with E-state index in [-0.39, 0.29) is 0 Å². The Morgan fingerprint density at radius 1 is 0.552 bits per heavy atom. The molecule has 0 atom stereocenters. The first kappa shape index (κ1) is 32.4. The number of rotatable bonds is 16. The number of aliphatic hydroxyl groups is 4. The Balaban J connectivity index is -0.000000350. The van der Waals surface area contributed by atoms with Crippen molar-refractivity contribution in [1.29, 1.82) is 0 Å². The van der Waals surface area contributed by atoms with Gasteiger partial charge < -0.3 is 30.6 Å². The van der Waals surface area contributed by atoms with Gasteiger partial charge >= 0.3 is 11.9 Å². The first-order chi connectivity index (χ1) is 13.8. The standard InChI is InChI=1S/2C8H16O2.C5H12O4/c2*1-2-3-4-5-6-7-8(9)10;6-1-5(2-7,3-8)4-9/h2*2-7H2,1H3,(H,9,10);6-9H,1-4H2. The molecule has 0 unspecified atom stereocenters. The molecule has 0 saturated carbocycles. The summed E-state index contributed by atoms with van der Waals surface area (Å²) in [4.78, 5) is 20.1. The van der Waals surface area contributed by atoms with Crippen LogP contribution in [0.4, 0.5) is 0 Å². The van der Waals surface area contributed by atoms with E-state index in [2.05, 4.69) is 13.8 Å². The summed E-state index contributed by atoms with van der Waals surface area (Å²) in [5.74, 6) is -1.34. The number of carboxylic acid groups (broad SMARTS) is 2. The van der Waals surface area contributed by atoms with Crippen molar-refractivity contribution < 1.29 is 40.2 Å². The lowest BCUT2D eigenvalue weighted by Gasteiger charge is -2.23. The van der Waals surface area contributed by atoms with Crippen molar-refractivity contribution in [3.63, 3.8) is 0 Å². The molecule has 0 bridgehead atoms. The Morgan fingerprint density at radius 2 is 0.828 bits per heavy atom. The summed E-state index contributed by atoms with van der Waals surface area (Å²) in [7, 11) is 0. The van der Waals surface area contributed by atoms with E-state index in [0.29, 0.717) is 12.8 Å². The van der Waals surface area contributed by atoms with Crippen LogP contribution < -0.4 is 0 Å². The third kappa shape index (κ3) is 26.8. The van der Waals surface area contributed by atoms with Crippen LogP contribution in [-0.4, -0.2) is 69.0 Å². The highest BCUT2D eigenvalue weighted by molar-refractivity contribution is 5.66. The van der Waals surface area contributed by atoms with Gasteiger partial charge in [0.15, 0.2) is 0 Å². The molecule has 0 spiro atoms. The molecule has 0 fully saturated rings. The Bertz CT molecular complexity index is 315. The number of hydrogen-bond acceptors (Lipinski definition) is 6. The molecule has 0 amide bonds. The summed E-state index contributed by atoms with van der Waals surface area (Å²) in [6.07, 6.45) is 11.8. The molecular formula is C21H44O8. The van der Waals surface area contributed by atoms with Gasteiger partial charge in [0, 0.05) is 12.8 Å². The topological polar surface area (TPSA) is 156 Å². The van der Waals surface area contributed by atoms with Crippen molar-refractivity contribution in [3.8, 4) is 0 Å². The molecule has 176 valence electrons. The maximum Gasteiger partial charge on any atom is 0.303 e.